The molecule has 16 heavy (non-hydrogen) atoms. The Morgan fingerprint density at radius 3 is 2.56 bits per heavy atom. The van der Waals surface area contributed by atoms with Crippen LogP contribution in [0.3, 0.4) is 0 Å². The van der Waals surface area contributed by atoms with E-state index in [9.17, 15) is 9.18 Å². The summed E-state index contributed by atoms with van der Waals surface area (Å²) in [5.74, 6) is -0.272. The molecule has 4 heteroatoms. The Bertz CT molecular complexity index is 326. The van der Waals surface area contributed by atoms with Crippen LogP contribution < -0.4 is 5.32 Å². The summed E-state index contributed by atoms with van der Waals surface area (Å²) in [6, 6.07) is 6.02. The number of nitrogens with one attached hydrogen (secondary N) is 1. The maximum atomic E-state index is 12.6. The Kier molecular flexibility index (Phi) is 6.37. The lowest BCUT2D eigenvalue weighted by atomic mass is 10.1. The molecular weight excluding hydrogens is 320 g/mol. The number of unbranched alkanes of at least 4 members (excludes halogenated alkanes) is 1. The van der Waals surface area contributed by atoms with E-state index in [1.54, 1.807) is 12.1 Å². The van der Waals surface area contributed by atoms with Crippen LogP contribution in [0.1, 0.15) is 18.4 Å². The molecule has 0 unspecified atom stereocenters. The smallest absolute Gasteiger partial charge is 0.224 e. The number of halogens is 2. The summed E-state index contributed by atoms with van der Waals surface area (Å²) >= 11 is 2.32. The number of alkyl halides is 1. The van der Waals surface area contributed by atoms with Crippen molar-refractivity contribution in [2.45, 2.75) is 19.3 Å². The second kappa shape index (κ2) is 7.60. The molecule has 0 saturated carbocycles. The van der Waals surface area contributed by atoms with Gasteiger partial charge in [-0.1, -0.05) is 34.7 Å². The minimum Gasteiger partial charge on any atom is -0.356 e. The average molecular weight is 335 g/mol. The molecule has 1 aromatic carbocycles. The first kappa shape index (κ1) is 13.4. The lowest BCUT2D eigenvalue weighted by Gasteiger charge is -2.04. The van der Waals surface area contributed by atoms with E-state index in [-0.39, 0.29) is 11.7 Å². The topological polar surface area (TPSA) is 29.1 Å². The first-order valence-electron chi connectivity index (χ1n) is 5.29. The van der Waals surface area contributed by atoms with Gasteiger partial charge in [0.25, 0.3) is 0 Å². The summed E-state index contributed by atoms with van der Waals surface area (Å²) in [7, 11) is 0. The fraction of sp³-hybridized carbons (Fsp3) is 0.417. The fourth-order valence-corrected chi connectivity index (χ4v) is 1.84. The van der Waals surface area contributed by atoms with Gasteiger partial charge in [0, 0.05) is 6.54 Å². The third-order valence-corrected chi connectivity index (χ3v) is 2.92. The van der Waals surface area contributed by atoms with E-state index in [0.29, 0.717) is 6.42 Å². The quantitative estimate of drug-likeness (QED) is 0.483. The van der Waals surface area contributed by atoms with Gasteiger partial charge in [0.15, 0.2) is 0 Å². The highest BCUT2D eigenvalue weighted by molar-refractivity contribution is 14.1. The van der Waals surface area contributed by atoms with Gasteiger partial charge in [-0.25, -0.2) is 4.39 Å². The largest absolute Gasteiger partial charge is 0.356 e. The monoisotopic (exact) mass is 335 g/mol. The lowest BCUT2D eigenvalue weighted by molar-refractivity contribution is -0.120. The third kappa shape index (κ3) is 5.44. The second-order valence-electron chi connectivity index (χ2n) is 3.55. The van der Waals surface area contributed by atoms with Crippen LogP contribution in [0.4, 0.5) is 4.39 Å². The van der Waals surface area contributed by atoms with Crippen molar-refractivity contribution in [2.75, 3.05) is 11.0 Å². The molecule has 0 aliphatic carbocycles. The number of amides is 1. The standard InChI is InChI=1S/C12H15FINO/c13-11-5-3-10(4-6-11)9-12(16)15-8-2-1-7-14/h3-6H,1-2,7-9H2,(H,15,16). The summed E-state index contributed by atoms with van der Waals surface area (Å²) in [6.45, 7) is 0.725. The van der Waals surface area contributed by atoms with Gasteiger partial charge in [0.05, 0.1) is 6.42 Å². The predicted molar refractivity (Wildman–Crippen MR) is 71.2 cm³/mol. The maximum absolute atomic E-state index is 12.6. The van der Waals surface area contributed by atoms with E-state index in [2.05, 4.69) is 27.9 Å². The molecule has 0 aromatic heterocycles. The lowest BCUT2D eigenvalue weighted by Crippen LogP contribution is -2.26. The number of hydrogen-bond acceptors (Lipinski definition) is 1. The van der Waals surface area contributed by atoms with E-state index in [1.165, 1.54) is 12.1 Å². The molecule has 0 saturated heterocycles. The molecule has 0 radical (unpaired) electrons. The molecule has 1 rings (SSSR count). The third-order valence-electron chi connectivity index (χ3n) is 2.16. The van der Waals surface area contributed by atoms with Crippen LogP contribution in [-0.4, -0.2) is 16.9 Å². The zero-order valence-electron chi connectivity index (χ0n) is 9.01. The van der Waals surface area contributed by atoms with Crippen molar-refractivity contribution >= 4 is 28.5 Å². The Hall–Kier alpha value is -0.650. The van der Waals surface area contributed by atoms with E-state index in [0.717, 1.165) is 29.4 Å². The van der Waals surface area contributed by atoms with Gasteiger partial charge < -0.3 is 5.32 Å². The molecule has 0 bridgehead atoms. The molecule has 0 aliphatic heterocycles. The summed E-state index contributed by atoms with van der Waals surface area (Å²) in [5, 5.41) is 2.84. The molecule has 1 N–H and O–H groups in total. The number of hydrogen-bond donors (Lipinski definition) is 1. The minimum absolute atomic E-state index is 0.0000614. The van der Waals surface area contributed by atoms with E-state index in [4.69, 9.17) is 0 Å². The highest BCUT2D eigenvalue weighted by Crippen LogP contribution is 2.03. The Labute approximate surface area is 109 Å². The van der Waals surface area contributed by atoms with Gasteiger partial charge in [-0.3, -0.25) is 4.79 Å². The highest BCUT2D eigenvalue weighted by Gasteiger charge is 2.02. The van der Waals surface area contributed by atoms with E-state index in [1.807, 2.05) is 0 Å². The molecule has 1 aromatic rings. The molecule has 0 spiro atoms. The van der Waals surface area contributed by atoms with Crippen LogP contribution in [0.2, 0.25) is 0 Å². The summed E-state index contributed by atoms with van der Waals surface area (Å²) in [6.07, 6.45) is 2.46. The molecule has 1 amide bonds. The van der Waals surface area contributed by atoms with Crippen molar-refractivity contribution in [3.05, 3.63) is 35.6 Å². The van der Waals surface area contributed by atoms with Gasteiger partial charge >= 0.3 is 0 Å². The summed E-state index contributed by atoms with van der Waals surface area (Å²) < 4.78 is 13.7. The van der Waals surface area contributed by atoms with Crippen molar-refractivity contribution in [1.29, 1.82) is 0 Å². The normalized spacial score (nSPS) is 10.1. The Morgan fingerprint density at radius 1 is 1.25 bits per heavy atom. The van der Waals surface area contributed by atoms with Crippen LogP contribution in [0, 0.1) is 5.82 Å². The van der Waals surface area contributed by atoms with Gasteiger partial charge in [-0.2, -0.15) is 0 Å². The second-order valence-corrected chi connectivity index (χ2v) is 4.63. The van der Waals surface area contributed by atoms with Crippen molar-refractivity contribution in [3.8, 4) is 0 Å². The van der Waals surface area contributed by atoms with Gasteiger partial charge in [-0.05, 0) is 35.0 Å². The highest BCUT2D eigenvalue weighted by atomic mass is 127. The van der Waals surface area contributed by atoms with Gasteiger partial charge in [0.2, 0.25) is 5.91 Å². The van der Waals surface area contributed by atoms with Gasteiger partial charge in [0.1, 0.15) is 5.82 Å². The van der Waals surface area contributed by atoms with Gasteiger partial charge in [-0.15, -0.1) is 0 Å². The molecule has 0 aliphatic rings. The van der Waals surface area contributed by atoms with Crippen molar-refractivity contribution in [2.24, 2.45) is 0 Å². The van der Waals surface area contributed by atoms with Crippen LogP contribution >= 0.6 is 22.6 Å². The van der Waals surface area contributed by atoms with Crippen LogP contribution in [-0.2, 0) is 11.2 Å². The Balaban J connectivity index is 2.26. The fourth-order valence-electron chi connectivity index (χ4n) is 1.30. The molecule has 0 fully saturated rings. The SMILES string of the molecule is O=C(Cc1ccc(F)cc1)NCCCCI. The van der Waals surface area contributed by atoms with Crippen molar-refractivity contribution in [1.82, 2.24) is 5.32 Å². The average Bonchev–Trinajstić information content (AvgIpc) is 2.28. The number of rotatable bonds is 6. The summed E-state index contributed by atoms with van der Waals surface area (Å²) in [5.41, 5.74) is 0.841. The predicted octanol–water partition coefficient (Wildman–Crippen LogP) is 2.70. The van der Waals surface area contributed by atoms with Crippen LogP contribution in [0.15, 0.2) is 24.3 Å². The Morgan fingerprint density at radius 2 is 1.94 bits per heavy atom. The first-order valence-corrected chi connectivity index (χ1v) is 6.82. The van der Waals surface area contributed by atoms with Crippen LogP contribution in [0.25, 0.3) is 0 Å². The first-order chi connectivity index (χ1) is 7.72. The molecular formula is C12H15FINO. The molecule has 88 valence electrons. The van der Waals surface area contributed by atoms with Crippen LogP contribution in [0.5, 0.6) is 0 Å². The van der Waals surface area contributed by atoms with E-state index < -0.39 is 0 Å². The molecule has 2 nitrogen and oxygen atoms in total. The number of carbonyl (C=O) groups excluding carboxylic acids is 1. The number of carbonyl (C=O) groups is 1. The minimum atomic E-state index is -0.272. The summed E-state index contributed by atoms with van der Waals surface area (Å²) in [4.78, 5) is 11.5. The zero-order valence-corrected chi connectivity index (χ0v) is 11.2. The van der Waals surface area contributed by atoms with Crippen molar-refractivity contribution in [3.63, 3.8) is 0 Å². The van der Waals surface area contributed by atoms with E-state index >= 15 is 0 Å². The molecule has 0 heterocycles. The number of benzene rings is 1. The maximum Gasteiger partial charge on any atom is 0.224 e. The van der Waals surface area contributed by atoms with Crippen molar-refractivity contribution < 1.29 is 9.18 Å². The zero-order chi connectivity index (χ0) is 11.8. The molecule has 0 atom stereocenters.